The fraction of sp³-hybridized carbons (Fsp3) is 1.00. The molecule has 0 aromatic rings. The summed E-state index contributed by atoms with van der Waals surface area (Å²) in [6.07, 6.45) is 13.2. The van der Waals surface area contributed by atoms with Gasteiger partial charge in [-0.05, 0) is 43.6 Å². The summed E-state index contributed by atoms with van der Waals surface area (Å²) in [6.45, 7) is 4.99. The molecule has 0 radical (unpaired) electrons. The molecule has 1 nitrogen and oxygen atoms in total. The van der Waals surface area contributed by atoms with Crippen LogP contribution in [0.1, 0.15) is 71.6 Å². The Hall–Kier alpha value is -0.0400. The number of nitrogens with one attached hydrogen (secondary N) is 1. The lowest BCUT2D eigenvalue weighted by Crippen LogP contribution is -2.44. The van der Waals surface area contributed by atoms with Crippen molar-refractivity contribution in [2.75, 3.05) is 7.05 Å². The molecule has 2 fully saturated rings. The van der Waals surface area contributed by atoms with Gasteiger partial charge in [-0.3, -0.25) is 0 Å². The third-order valence-electron chi connectivity index (χ3n) is 5.51. The Bertz CT molecular complexity index is 228. The van der Waals surface area contributed by atoms with Crippen molar-refractivity contribution in [1.29, 1.82) is 0 Å². The minimum Gasteiger partial charge on any atom is -0.317 e. The number of rotatable bonds is 4. The zero-order valence-electron chi connectivity index (χ0n) is 12.1. The second-order valence-corrected chi connectivity index (χ2v) is 7.12. The van der Waals surface area contributed by atoms with Crippen molar-refractivity contribution in [1.82, 2.24) is 5.32 Å². The summed E-state index contributed by atoms with van der Waals surface area (Å²) in [5.74, 6) is 1.92. The third-order valence-corrected chi connectivity index (χ3v) is 5.51. The van der Waals surface area contributed by atoms with E-state index in [4.69, 9.17) is 0 Å². The van der Waals surface area contributed by atoms with Gasteiger partial charge in [-0.2, -0.15) is 0 Å². The standard InChI is InChI=1S/C16H31N/c1-16(2)11-7-6-10-14(16)15(17-3)12-13-8-4-5-9-13/h13-15,17H,4-12H2,1-3H3. The molecule has 0 heterocycles. The van der Waals surface area contributed by atoms with E-state index in [9.17, 15) is 0 Å². The summed E-state index contributed by atoms with van der Waals surface area (Å²) in [7, 11) is 2.18. The van der Waals surface area contributed by atoms with Crippen LogP contribution in [0, 0.1) is 17.3 Å². The van der Waals surface area contributed by atoms with Crippen LogP contribution in [-0.2, 0) is 0 Å². The van der Waals surface area contributed by atoms with Gasteiger partial charge in [0.2, 0.25) is 0 Å². The van der Waals surface area contributed by atoms with Gasteiger partial charge in [-0.15, -0.1) is 0 Å². The van der Waals surface area contributed by atoms with E-state index in [1.54, 1.807) is 0 Å². The molecule has 2 aliphatic rings. The average molecular weight is 237 g/mol. The van der Waals surface area contributed by atoms with Crippen molar-refractivity contribution in [2.24, 2.45) is 17.3 Å². The first kappa shape index (κ1) is 13.4. The summed E-state index contributed by atoms with van der Waals surface area (Å²) in [5, 5.41) is 3.65. The van der Waals surface area contributed by atoms with Crippen LogP contribution in [0.3, 0.4) is 0 Å². The van der Waals surface area contributed by atoms with Gasteiger partial charge in [-0.1, -0.05) is 52.4 Å². The van der Waals surface area contributed by atoms with Crippen molar-refractivity contribution < 1.29 is 0 Å². The summed E-state index contributed by atoms with van der Waals surface area (Å²) in [5.41, 5.74) is 0.560. The lowest BCUT2D eigenvalue weighted by Gasteiger charge is -2.44. The van der Waals surface area contributed by atoms with Crippen molar-refractivity contribution >= 4 is 0 Å². The van der Waals surface area contributed by atoms with Crippen molar-refractivity contribution in [3.8, 4) is 0 Å². The number of hydrogen-bond acceptors (Lipinski definition) is 1. The Labute approximate surface area is 108 Å². The molecule has 0 saturated heterocycles. The van der Waals surface area contributed by atoms with E-state index in [2.05, 4.69) is 26.2 Å². The number of hydrogen-bond donors (Lipinski definition) is 1. The molecule has 2 saturated carbocycles. The van der Waals surface area contributed by atoms with Crippen LogP contribution in [0.15, 0.2) is 0 Å². The molecular formula is C16H31N. The zero-order valence-corrected chi connectivity index (χ0v) is 12.1. The van der Waals surface area contributed by atoms with Crippen LogP contribution < -0.4 is 5.32 Å². The smallest absolute Gasteiger partial charge is 0.0100 e. The molecule has 0 amide bonds. The van der Waals surface area contributed by atoms with Crippen LogP contribution in [-0.4, -0.2) is 13.1 Å². The summed E-state index contributed by atoms with van der Waals surface area (Å²) >= 11 is 0. The first-order valence-corrected chi connectivity index (χ1v) is 7.81. The highest BCUT2D eigenvalue weighted by atomic mass is 14.9. The molecule has 17 heavy (non-hydrogen) atoms. The maximum absolute atomic E-state index is 3.65. The fourth-order valence-corrected chi connectivity index (χ4v) is 4.36. The summed E-state index contributed by atoms with van der Waals surface area (Å²) in [4.78, 5) is 0. The van der Waals surface area contributed by atoms with Gasteiger partial charge in [0.1, 0.15) is 0 Å². The molecule has 0 bridgehead atoms. The second-order valence-electron chi connectivity index (χ2n) is 7.12. The van der Waals surface area contributed by atoms with E-state index in [1.165, 1.54) is 57.8 Å². The molecule has 100 valence electrons. The monoisotopic (exact) mass is 237 g/mol. The molecule has 0 aromatic heterocycles. The molecule has 1 N–H and O–H groups in total. The van der Waals surface area contributed by atoms with E-state index >= 15 is 0 Å². The van der Waals surface area contributed by atoms with Gasteiger partial charge >= 0.3 is 0 Å². The van der Waals surface area contributed by atoms with Crippen LogP contribution >= 0.6 is 0 Å². The maximum atomic E-state index is 3.65. The highest BCUT2D eigenvalue weighted by Gasteiger charge is 2.37. The van der Waals surface area contributed by atoms with Crippen LogP contribution in [0.2, 0.25) is 0 Å². The molecule has 2 atom stereocenters. The quantitative estimate of drug-likeness (QED) is 0.765. The Morgan fingerprint density at radius 1 is 1.06 bits per heavy atom. The first-order chi connectivity index (χ1) is 8.13. The van der Waals surface area contributed by atoms with Gasteiger partial charge in [0, 0.05) is 6.04 Å². The Balaban J connectivity index is 1.95. The van der Waals surface area contributed by atoms with Gasteiger partial charge in [0.15, 0.2) is 0 Å². The Morgan fingerprint density at radius 3 is 2.29 bits per heavy atom. The van der Waals surface area contributed by atoms with Crippen molar-refractivity contribution in [2.45, 2.75) is 77.7 Å². The van der Waals surface area contributed by atoms with Crippen LogP contribution in [0.4, 0.5) is 0 Å². The predicted molar refractivity (Wildman–Crippen MR) is 75.2 cm³/mol. The van der Waals surface area contributed by atoms with E-state index in [-0.39, 0.29) is 0 Å². The lowest BCUT2D eigenvalue weighted by molar-refractivity contribution is 0.0909. The normalized spacial score (nSPS) is 31.6. The third kappa shape index (κ3) is 3.24. The molecular weight excluding hydrogens is 206 g/mol. The molecule has 0 aliphatic heterocycles. The van der Waals surface area contributed by atoms with Crippen molar-refractivity contribution in [3.05, 3.63) is 0 Å². The van der Waals surface area contributed by atoms with Crippen LogP contribution in [0.5, 0.6) is 0 Å². The summed E-state index contributed by atoms with van der Waals surface area (Å²) < 4.78 is 0. The highest BCUT2D eigenvalue weighted by molar-refractivity contribution is 4.91. The maximum Gasteiger partial charge on any atom is 0.0100 e. The molecule has 0 spiro atoms. The van der Waals surface area contributed by atoms with E-state index in [0.717, 1.165) is 17.9 Å². The van der Waals surface area contributed by atoms with Gasteiger partial charge in [-0.25, -0.2) is 0 Å². The first-order valence-electron chi connectivity index (χ1n) is 7.81. The lowest BCUT2D eigenvalue weighted by atomic mass is 9.64. The average Bonchev–Trinajstić information content (AvgIpc) is 2.79. The molecule has 2 unspecified atom stereocenters. The second kappa shape index (κ2) is 5.73. The molecule has 0 aromatic carbocycles. The summed E-state index contributed by atoms with van der Waals surface area (Å²) in [6, 6.07) is 0.772. The van der Waals surface area contributed by atoms with E-state index in [0.29, 0.717) is 5.41 Å². The topological polar surface area (TPSA) is 12.0 Å². The highest BCUT2D eigenvalue weighted by Crippen LogP contribution is 2.44. The predicted octanol–water partition coefficient (Wildman–Crippen LogP) is 4.37. The molecule has 1 heteroatoms. The largest absolute Gasteiger partial charge is 0.317 e. The zero-order chi connectivity index (χ0) is 12.3. The van der Waals surface area contributed by atoms with E-state index < -0.39 is 0 Å². The molecule has 2 rings (SSSR count). The fourth-order valence-electron chi connectivity index (χ4n) is 4.36. The Kier molecular flexibility index (Phi) is 4.52. The van der Waals surface area contributed by atoms with Crippen molar-refractivity contribution in [3.63, 3.8) is 0 Å². The minimum absolute atomic E-state index is 0.560. The van der Waals surface area contributed by atoms with Gasteiger partial charge in [0.05, 0.1) is 0 Å². The molecule has 2 aliphatic carbocycles. The SMILES string of the molecule is CNC(CC1CCCC1)C1CCCCC1(C)C. The van der Waals surface area contributed by atoms with Gasteiger partial charge < -0.3 is 5.32 Å². The Morgan fingerprint density at radius 2 is 1.71 bits per heavy atom. The minimum atomic E-state index is 0.560. The van der Waals surface area contributed by atoms with E-state index in [1.807, 2.05) is 0 Å². The van der Waals surface area contributed by atoms with Gasteiger partial charge in [0.25, 0.3) is 0 Å². The van der Waals surface area contributed by atoms with Crippen LogP contribution in [0.25, 0.3) is 0 Å².